The summed E-state index contributed by atoms with van der Waals surface area (Å²) in [7, 11) is 6.04. The SMILES string of the molecule is COc1ccc2c(C)c(C(=O)NCCCSSCCC(=O)N[C@H](C(=O)N3C[C@H](O)C[C@H]3C(=O)N[C@@H](Cc3ccc(Cl)cc3)C(=O)N[C@@H](CCCN=C(N)N)C(=O)N3CCC[C@H]3C(N)=O)C(C)C)oc2c1OC. The first kappa shape index (κ1) is 57.0. The van der Waals surface area contributed by atoms with E-state index in [9.17, 15) is 38.7 Å². The minimum atomic E-state index is -1.29. The van der Waals surface area contributed by atoms with E-state index in [1.165, 1.54) is 45.6 Å². The fraction of sp³-hybridized carbons (Fsp3) is 0.542. The van der Waals surface area contributed by atoms with Crippen molar-refractivity contribution in [2.75, 3.05) is 51.9 Å². The number of methoxy groups -OCH3 is 2. The van der Waals surface area contributed by atoms with Crippen LogP contribution in [0.5, 0.6) is 11.5 Å². The number of guanidine groups is 1. The summed E-state index contributed by atoms with van der Waals surface area (Å²) in [5.41, 5.74) is 18.3. The van der Waals surface area contributed by atoms with Crippen LogP contribution in [0.15, 0.2) is 45.8 Å². The van der Waals surface area contributed by atoms with Crippen LogP contribution in [-0.4, -0.2) is 150 Å². The standard InChI is InChI=1S/C48H67ClN10O11S2/c1-26(2)38(57-37(61)17-22-72-71-21-8-19-53-45(65)39-27(3)31-15-16-36(68-4)41(69-5)40(31)70-39)47(67)59-25-30(60)24-35(59)44(64)56-33(23-28-11-13-29(49)14-12-28)43(63)55-32(9-6-18-54-48(51)52)46(66)58-20-7-10-34(58)42(50)62/h11-16,26,30,32-35,38,60H,6-10,17-25H2,1-5H3,(H2,50,62)(H,53,65)(H,55,63)(H,56,64)(H,57,61)(H4,51,52,54)/t30-,32+,33+,34+,35+,38+/m1/s1. The number of hydrogen-bond donors (Lipinski definition) is 8. The lowest BCUT2D eigenvalue weighted by atomic mass is 10.0. The van der Waals surface area contributed by atoms with Crippen molar-refractivity contribution in [1.82, 2.24) is 31.1 Å². The summed E-state index contributed by atoms with van der Waals surface area (Å²) in [5.74, 6) is -2.30. The van der Waals surface area contributed by atoms with Crippen molar-refractivity contribution in [2.45, 2.75) is 108 Å². The average Bonchev–Trinajstić information content (AvgIpc) is 4.09. The van der Waals surface area contributed by atoms with Crippen LogP contribution in [0, 0.1) is 12.8 Å². The first-order chi connectivity index (χ1) is 34.3. The van der Waals surface area contributed by atoms with Gasteiger partial charge in [-0.3, -0.25) is 38.6 Å². The number of nitrogens with two attached hydrogens (primary N) is 3. The third-order valence-corrected chi connectivity index (χ3v) is 15.1. The molecular weight excluding hydrogens is 992 g/mol. The Hall–Kier alpha value is -5.91. The van der Waals surface area contributed by atoms with Gasteiger partial charge in [0.15, 0.2) is 23.1 Å². The minimum absolute atomic E-state index is 0.0474. The van der Waals surface area contributed by atoms with E-state index in [-0.39, 0.29) is 75.3 Å². The molecule has 1 aromatic heterocycles. The topological polar surface area (TPSA) is 316 Å². The molecule has 0 aliphatic carbocycles. The Morgan fingerprint density at radius 2 is 1.62 bits per heavy atom. The van der Waals surface area contributed by atoms with Crippen LogP contribution >= 0.6 is 33.2 Å². The molecule has 0 saturated carbocycles. The van der Waals surface area contributed by atoms with E-state index < -0.39 is 71.8 Å². The number of halogens is 1. The molecule has 3 aromatic rings. The summed E-state index contributed by atoms with van der Waals surface area (Å²) < 4.78 is 16.7. The third kappa shape index (κ3) is 15.3. The highest BCUT2D eigenvalue weighted by Gasteiger charge is 2.44. The van der Waals surface area contributed by atoms with Crippen molar-refractivity contribution < 1.29 is 52.6 Å². The number of rotatable bonds is 26. The number of fused-ring (bicyclic) bond motifs is 1. The number of aliphatic hydroxyl groups excluding tert-OH is 1. The van der Waals surface area contributed by atoms with Gasteiger partial charge in [0.05, 0.1) is 20.3 Å². The van der Waals surface area contributed by atoms with E-state index in [4.69, 9.17) is 42.7 Å². The zero-order valence-electron chi connectivity index (χ0n) is 41.2. The molecule has 24 heteroatoms. The predicted molar refractivity (Wildman–Crippen MR) is 276 cm³/mol. The van der Waals surface area contributed by atoms with Gasteiger partial charge in [0.25, 0.3) is 5.91 Å². The molecule has 2 aliphatic rings. The Bertz CT molecular complexity index is 2440. The third-order valence-electron chi connectivity index (χ3n) is 12.4. The number of carbonyl (C=O) groups is 7. The van der Waals surface area contributed by atoms with E-state index in [1.54, 1.807) is 51.1 Å². The Morgan fingerprint density at radius 3 is 2.29 bits per heavy atom. The number of nitrogens with one attached hydrogen (secondary N) is 4. The summed E-state index contributed by atoms with van der Waals surface area (Å²) in [6.45, 7) is 5.93. The Labute approximate surface area is 431 Å². The number of carbonyl (C=O) groups excluding carboxylic acids is 7. The second-order valence-electron chi connectivity index (χ2n) is 17.9. The second-order valence-corrected chi connectivity index (χ2v) is 21.1. The van der Waals surface area contributed by atoms with Gasteiger partial charge in [-0.25, -0.2) is 0 Å². The molecule has 0 bridgehead atoms. The number of nitrogens with zero attached hydrogens (tertiary/aromatic N) is 3. The molecule has 394 valence electrons. The highest BCUT2D eigenvalue weighted by molar-refractivity contribution is 8.76. The van der Waals surface area contributed by atoms with Crippen molar-refractivity contribution in [2.24, 2.45) is 28.1 Å². The number of likely N-dealkylation sites (tertiary alicyclic amines) is 2. The van der Waals surface area contributed by atoms with Gasteiger partial charge in [-0.15, -0.1) is 0 Å². The molecule has 2 aliphatic heterocycles. The van der Waals surface area contributed by atoms with Crippen LogP contribution in [0.25, 0.3) is 11.0 Å². The van der Waals surface area contributed by atoms with Crippen LogP contribution < -0.4 is 47.9 Å². The van der Waals surface area contributed by atoms with Gasteiger partial charge in [-0.1, -0.05) is 59.2 Å². The molecule has 0 radical (unpaired) electrons. The molecule has 0 spiro atoms. The first-order valence-corrected chi connectivity index (χ1v) is 26.7. The van der Waals surface area contributed by atoms with Gasteiger partial charge in [0.2, 0.25) is 41.2 Å². The van der Waals surface area contributed by atoms with Gasteiger partial charge in [-0.2, -0.15) is 0 Å². The van der Waals surface area contributed by atoms with Gasteiger partial charge in [0.1, 0.15) is 30.2 Å². The summed E-state index contributed by atoms with van der Waals surface area (Å²) in [4.78, 5) is 102. The number of furan rings is 1. The fourth-order valence-corrected chi connectivity index (χ4v) is 10.8. The monoisotopic (exact) mass is 1060 g/mol. The summed E-state index contributed by atoms with van der Waals surface area (Å²) in [6.07, 6.45) is 0.767. The van der Waals surface area contributed by atoms with Crippen LogP contribution in [0.4, 0.5) is 0 Å². The zero-order valence-corrected chi connectivity index (χ0v) is 43.6. The van der Waals surface area contributed by atoms with Crippen LogP contribution in [-0.2, 0) is 35.2 Å². The van der Waals surface area contributed by atoms with Gasteiger partial charge in [-0.05, 0) is 74.8 Å². The van der Waals surface area contributed by atoms with Gasteiger partial charge in [0, 0.05) is 72.9 Å². The maximum Gasteiger partial charge on any atom is 0.287 e. The van der Waals surface area contributed by atoms with E-state index >= 15 is 0 Å². The predicted octanol–water partition coefficient (Wildman–Crippen LogP) is 2.15. The maximum absolute atomic E-state index is 14.3. The van der Waals surface area contributed by atoms with E-state index in [1.807, 2.05) is 6.07 Å². The lowest BCUT2D eigenvalue weighted by Crippen LogP contribution is -2.59. The van der Waals surface area contributed by atoms with Crippen LogP contribution in [0.1, 0.15) is 80.5 Å². The van der Waals surface area contributed by atoms with E-state index in [0.717, 1.165) is 5.39 Å². The van der Waals surface area contributed by atoms with Crippen molar-refractivity contribution in [3.05, 3.63) is 58.3 Å². The molecule has 0 unspecified atom stereocenters. The van der Waals surface area contributed by atoms with Gasteiger partial charge < -0.3 is 67.3 Å². The van der Waals surface area contributed by atoms with Gasteiger partial charge >= 0.3 is 0 Å². The molecule has 2 fully saturated rings. The molecule has 7 amide bonds. The lowest BCUT2D eigenvalue weighted by Gasteiger charge is -2.32. The number of amides is 7. The summed E-state index contributed by atoms with van der Waals surface area (Å²) >= 11 is 6.14. The largest absolute Gasteiger partial charge is 0.493 e. The van der Waals surface area contributed by atoms with Crippen molar-refractivity contribution in [3.63, 3.8) is 0 Å². The molecule has 72 heavy (non-hydrogen) atoms. The number of ether oxygens (including phenoxy) is 2. The zero-order chi connectivity index (χ0) is 52.6. The molecule has 3 heterocycles. The number of benzene rings is 2. The molecule has 6 atom stereocenters. The quantitative estimate of drug-likeness (QED) is 0.0247. The number of primary amides is 1. The normalized spacial score (nSPS) is 17.8. The Morgan fingerprint density at radius 1 is 0.903 bits per heavy atom. The number of aliphatic hydroxyl groups is 1. The van der Waals surface area contributed by atoms with Crippen molar-refractivity contribution >= 4 is 91.5 Å². The number of β-amino-alcohol motifs (C(OH)–C–C–N with tert-alkyl or cyclic N) is 1. The highest BCUT2D eigenvalue weighted by atomic mass is 35.5. The lowest BCUT2D eigenvalue weighted by molar-refractivity contribution is -0.143. The van der Waals surface area contributed by atoms with Crippen molar-refractivity contribution in [3.8, 4) is 11.5 Å². The molecule has 11 N–H and O–H groups in total. The maximum atomic E-state index is 14.3. The highest BCUT2D eigenvalue weighted by Crippen LogP contribution is 2.39. The van der Waals surface area contributed by atoms with E-state index in [0.29, 0.717) is 70.5 Å². The Kier molecular flexibility index (Phi) is 21.6. The number of aliphatic imine (C=N–C) groups is 1. The second kappa shape index (κ2) is 27.2. The molecular formula is C48H67ClN10O11S2. The Balaban J connectivity index is 1.16. The first-order valence-electron chi connectivity index (χ1n) is 23.8. The molecule has 2 saturated heterocycles. The van der Waals surface area contributed by atoms with Crippen LogP contribution in [0.2, 0.25) is 5.02 Å². The van der Waals surface area contributed by atoms with Crippen molar-refractivity contribution in [1.29, 1.82) is 0 Å². The molecule has 2 aromatic carbocycles. The smallest absolute Gasteiger partial charge is 0.287 e. The summed E-state index contributed by atoms with van der Waals surface area (Å²) in [5, 5.41) is 23.3. The fourth-order valence-electron chi connectivity index (χ4n) is 8.62. The average molecular weight is 1060 g/mol. The summed E-state index contributed by atoms with van der Waals surface area (Å²) in [6, 6.07) is 4.65. The van der Waals surface area contributed by atoms with E-state index in [2.05, 4.69) is 26.3 Å². The molecule has 5 rings (SSSR count). The minimum Gasteiger partial charge on any atom is -0.493 e. The van der Waals surface area contributed by atoms with Crippen LogP contribution in [0.3, 0.4) is 0 Å². The number of aryl methyl sites for hydroxylation is 1. The molecule has 21 nitrogen and oxygen atoms in total. The number of hydrogen-bond acceptors (Lipinski definition) is 14.